The van der Waals surface area contributed by atoms with Gasteiger partial charge in [0.2, 0.25) is 0 Å². The third kappa shape index (κ3) is 2.72. The van der Waals surface area contributed by atoms with E-state index in [0.717, 1.165) is 21.3 Å². The second-order valence-corrected chi connectivity index (χ2v) is 6.54. The first-order chi connectivity index (χ1) is 11.7. The van der Waals surface area contributed by atoms with Gasteiger partial charge in [0.15, 0.2) is 5.13 Å². The molecule has 1 aliphatic heterocycles. The number of anilines is 1. The minimum absolute atomic E-state index is 0.206. The van der Waals surface area contributed by atoms with Crippen LogP contribution in [-0.2, 0) is 4.79 Å². The van der Waals surface area contributed by atoms with E-state index in [-0.39, 0.29) is 11.9 Å². The number of azo groups is 1. The minimum Gasteiger partial charge on any atom is -0.296 e. The SMILES string of the molecule is Cc1ccccc1C1C=C(C(=O)Nc2nc3ccccc3s2)N=N1. The van der Waals surface area contributed by atoms with Crippen molar-refractivity contribution in [3.8, 4) is 0 Å². The van der Waals surface area contributed by atoms with Crippen molar-refractivity contribution in [2.24, 2.45) is 10.2 Å². The van der Waals surface area contributed by atoms with E-state index >= 15 is 0 Å². The van der Waals surface area contributed by atoms with Crippen LogP contribution in [0.1, 0.15) is 17.2 Å². The summed E-state index contributed by atoms with van der Waals surface area (Å²) in [6.07, 6.45) is 1.78. The summed E-state index contributed by atoms with van der Waals surface area (Å²) in [5, 5.41) is 11.6. The molecule has 0 saturated heterocycles. The number of thiazole rings is 1. The van der Waals surface area contributed by atoms with E-state index < -0.39 is 0 Å². The predicted molar refractivity (Wildman–Crippen MR) is 95.1 cm³/mol. The highest BCUT2D eigenvalue weighted by Gasteiger charge is 2.21. The molecule has 1 aromatic heterocycles. The number of carbonyl (C=O) groups excluding carboxylic acids is 1. The number of hydrogen-bond donors (Lipinski definition) is 1. The normalized spacial score (nSPS) is 16.4. The molecule has 6 heteroatoms. The number of nitrogens with zero attached hydrogens (tertiary/aromatic N) is 3. The number of benzene rings is 2. The Labute approximate surface area is 142 Å². The van der Waals surface area contributed by atoms with Crippen LogP contribution in [0.15, 0.2) is 70.5 Å². The molecule has 2 aromatic carbocycles. The van der Waals surface area contributed by atoms with Crippen LogP contribution in [0.3, 0.4) is 0 Å². The van der Waals surface area contributed by atoms with Crippen LogP contribution in [0, 0.1) is 6.92 Å². The van der Waals surface area contributed by atoms with Gasteiger partial charge in [-0.25, -0.2) is 4.98 Å². The van der Waals surface area contributed by atoms with E-state index in [9.17, 15) is 4.79 Å². The van der Waals surface area contributed by atoms with E-state index in [1.807, 2.05) is 55.5 Å². The number of rotatable bonds is 3. The van der Waals surface area contributed by atoms with Crippen LogP contribution in [-0.4, -0.2) is 10.9 Å². The molecule has 0 bridgehead atoms. The first-order valence-corrected chi connectivity index (χ1v) is 8.37. The quantitative estimate of drug-likeness (QED) is 0.758. The number of fused-ring (bicyclic) bond motifs is 1. The number of carbonyl (C=O) groups is 1. The topological polar surface area (TPSA) is 66.7 Å². The highest BCUT2D eigenvalue weighted by molar-refractivity contribution is 7.22. The van der Waals surface area contributed by atoms with Gasteiger partial charge in [0.05, 0.1) is 10.2 Å². The summed E-state index contributed by atoms with van der Waals surface area (Å²) in [6, 6.07) is 15.5. The monoisotopic (exact) mass is 334 g/mol. The van der Waals surface area contributed by atoms with Crippen LogP contribution in [0.25, 0.3) is 10.2 Å². The van der Waals surface area contributed by atoms with Crippen LogP contribution in [0.4, 0.5) is 5.13 Å². The van der Waals surface area contributed by atoms with E-state index in [2.05, 4.69) is 20.5 Å². The van der Waals surface area contributed by atoms with E-state index in [0.29, 0.717) is 10.8 Å². The van der Waals surface area contributed by atoms with E-state index in [1.165, 1.54) is 11.3 Å². The minimum atomic E-state index is -0.283. The summed E-state index contributed by atoms with van der Waals surface area (Å²) in [7, 11) is 0. The van der Waals surface area contributed by atoms with Crippen molar-refractivity contribution >= 4 is 32.6 Å². The number of amides is 1. The van der Waals surface area contributed by atoms with Gasteiger partial charge in [0, 0.05) is 0 Å². The standard InChI is InChI=1S/C18H14N4OS/c1-11-6-2-3-7-12(11)14-10-15(22-21-14)17(23)20-18-19-13-8-4-5-9-16(13)24-18/h2-10,14H,1H3,(H,19,20,23). The number of para-hydroxylation sites is 1. The maximum atomic E-state index is 12.4. The Kier molecular flexibility index (Phi) is 3.66. The van der Waals surface area contributed by atoms with Gasteiger partial charge in [-0.05, 0) is 36.3 Å². The summed E-state index contributed by atoms with van der Waals surface area (Å²) in [4.78, 5) is 16.8. The molecule has 24 heavy (non-hydrogen) atoms. The fourth-order valence-corrected chi connectivity index (χ4v) is 3.48. The predicted octanol–water partition coefficient (Wildman–Crippen LogP) is 4.63. The molecule has 1 N–H and O–H groups in total. The summed E-state index contributed by atoms with van der Waals surface area (Å²) < 4.78 is 1.03. The van der Waals surface area contributed by atoms with Crippen LogP contribution >= 0.6 is 11.3 Å². The first kappa shape index (κ1) is 14.7. The van der Waals surface area contributed by atoms with Crippen molar-refractivity contribution in [1.29, 1.82) is 0 Å². The molecule has 1 amide bonds. The Morgan fingerprint density at radius 2 is 1.92 bits per heavy atom. The first-order valence-electron chi connectivity index (χ1n) is 7.56. The fourth-order valence-electron chi connectivity index (χ4n) is 2.62. The lowest BCUT2D eigenvalue weighted by Gasteiger charge is -2.06. The van der Waals surface area contributed by atoms with Crippen LogP contribution in [0.5, 0.6) is 0 Å². The average molecular weight is 334 g/mol. The Hall–Kier alpha value is -2.86. The van der Waals surface area contributed by atoms with Gasteiger partial charge in [-0.3, -0.25) is 10.1 Å². The summed E-state index contributed by atoms with van der Waals surface area (Å²) in [5.41, 5.74) is 3.38. The van der Waals surface area contributed by atoms with Crippen LogP contribution in [0.2, 0.25) is 0 Å². The Balaban J connectivity index is 1.54. The maximum Gasteiger partial charge on any atom is 0.277 e. The molecule has 2 heterocycles. The summed E-state index contributed by atoms with van der Waals surface area (Å²) >= 11 is 1.44. The molecule has 0 spiro atoms. The third-order valence-corrected chi connectivity index (χ3v) is 4.81. The molecule has 0 fully saturated rings. The maximum absolute atomic E-state index is 12.4. The van der Waals surface area contributed by atoms with Gasteiger partial charge < -0.3 is 0 Å². The van der Waals surface area contributed by atoms with Gasteiger partial charge in [0.1, 0.15) is 11.7 Å². The smallest absolute Gasteiger partial charge is 0.277 e. The molecule has 1 unspecified atom stereocenters. The lowest BCUT2D eigenvalue weighted by atomic mass is 10.0. The van der Waals surface area contributed by atoms with Crippen molar-refractivity contribution < 1.29 is 4.79 Å². The Morgan fingerprint density at radius 1 is 1.12 bits per heavy atom. The van der Waals surface area contributed by atoms with E-state index in [1.54, 1.807) is 6.08 Å². The average Bonchev–Trinajstić information content (AvgIpc) is 3.21. The largest absolute Gasteiger partial charge is 0.296 e. The van der Waals surface area contributed by atoms with Crippen molar-refractivity contribution in [3.63, 3.8) is 0 Å². The van der Waals surface area contributed by atoms with Crippen LogP contribution < -0.4 is 5.32 Å². The number of nitrogens with one attached hydrogen (secondary N) is 1. The number of hydrogen-bond acceptors (Lipinski definition) is 5. The highest BCUT2D eigenvalue weighted by Crippen LogP contribution is 2.30. The van der Waals surface area contributed by atoms with Crippen molar-refractivity contribution in [2.45, 2.75) is 13.0 Å². The number of aromatic nitrogens is 1. The molecule has 0 radical (unpaired) electrons. The molecule has 1 atom stereocenters. The zero-order chi connectivity index (χ0) is 16.5. The molecular weight excluding hydrogens is 320 g/mol. The van der Waals surface area contributed by atoms with Crippen molar-refractivity contribution in [2.75, 3.05) is 5.32 Å². The zero-order valence-corrected chi connectivity index (χ0v) is 13.7. The third-order valence-electron chi connectivity index (χ3n) is 3.86. The van der Waals surface area contributed by atoms with E-state index in [4.69, 9.17) is 0 Å². The fraction of sp³-hybridized carbons (Fsp3) is 0.111. The van der Waals surface area contributed by atoms with Crippen molar-refractivity contribution in [3.05, 3.63) is 71.4 Å². The lowest BCUT2D eigenvalue weighted by molar-refractivity contribution is -0.112. The highest BCUT2D eigenvalue weighted by atomic mass is 32.1. The molecule has 5 nitrogen and oxygen atoms in total. The molecule has 3 aromatic rings. The lowest BCUT2D eigenvalue weighted by Crippen LogP contribution is -2.12. The second-order valence-electron chi connectivity index (χ2n) is 5.51. The van der Waals surface area contributed by atoms with Gasteiger partial charge >= 0.3 is 0 Å². The molecule has 0 saturated carbocycles. The van der Waals surface area contributed by atoms with Gasteiger partial charge in [0.25, 0.3) is 5.91 Å². The molecule has 118 valence electrons. The Morgan fingerprint density at radius 3 is 2.75 bits per heavy atom. The van der Waals surface area contributed by atoms with Gasteiger partial charge in [-0.2, -0.15) is 5.11 Å². The summed E-state index contributed by atoms with van der Waals surface area (Å²) in [6.45, 7) is 2.03. The molecule has 4 rings (SSSR count). The second kappa shape index (κ2) is 5.98. The van der Waals surface area contributed by atoms with Gasteiger partial charge in [-0.1, -0.05) is 47.7 Å². The molecule has 0 aliphatic carbocycles. The van der Waals surface area contributed by atoms with Gasteiger partial charge in [-0.15, -0.1) is 5.11 Å². The molecular formula is C18H14N4OS. The zero-order valence-electron chi connectivity index (χ0n) is 12.9. The summed E-state index contributed by atoms with van der Waals surface area (Å²) in [5.74, 6) is -0.283. The van der Waals surface area contributed by atoms with Crippen molar-refractivity contribution in [1.82, 2.24) is 4.98 Å². The number of aryl methyl sites for hydroxylation is 1. The Bertz CT molecular complexity index is 956. The molecule has 1 aliphatic rings.